The van der Waals surface area contributed by atoms with E-state index in [4.69, 9.17) is 0 Å². The first-order valence-corrected chi connectivity index (χ1v) is 4.75. The first-order chi connectivity index (χ1) is 7.24. The summed E-state index contributed by atoms with van der Waals surface area (Å²) >= 11 is 0. The molecule has 5 nitrogen and oxygen atoms in total. The van der Waals surface area contributed by atoms with E-state index in [9.17, 15) is 0 Å². The summed E-state index contributed by atoms with van der Waals surface area (Å²) in [4.78, 5) is 8.36. The van der Waals surface area contributed by atoms with Crippen molar-refractivity contribution in [2.24, 2.45) is 7.05 Å². The number of aryl methyl sites for hydroxylation is 2. The van der Waals surface area contributed by atoms with Crippen molar-refractivity contribution in [2.75, 3.05) is 5.32 Å². The second kappa shape index (κ2) is 4.08. The van der Waals surface area contributed by atoms with Crippen LogP contribution < -0.4 is 5.32 Å². The molecule has 2 aromatic heterocycles. The van der Waals surface area contributed by atoms with Gasteiger partial charge >= 0.3 is 0 Å². The van der Waals surface area contributed by atoms with Crippen LogP contribution in [0.15, 0.2) is 24.7 Å². The molecule has 0 aliphatic carbocycles. The Balaban J connectivity index is 1.99. The monoisotopic (exact) mass is 203 g/mol. The van der Waals surface area contributed by atoms with Crippen LogP contribution in [-0.2, 0) is 13.6 Å². The molecule has 0 saturated carbocycles. The molecule has 0 atom stereocenters. The van der Waals surface area contributed by atoms with Gasteiger partial charge in [0.15, 0.2) is 0 Å². The van der Waals surface area contributed by atoms with Gasteiger partial charge in [-0.1, -0.05) is 0 Å². The van der Waals surface area contributed by atoms with Gasteiger partial charge in [-0.25, -0.2) is 9.97 Å². The third-order valence-electron chi connectivity index (χ3n) is 2.00. The van der Waals surface area contributed by atoms with Crippen LogP contribution in [0.2, 0.25) is 0 Å². The first kappa shape index (κ1) is 9.64. The quantitative estimate of drug-likeness (QED) is 0.812. The minimum Gasteiger partial charge on any atom is -0.350 e. The molecule has 2 aromatic rings. The van der Waals surface area contributed by atoms with Crippen LogP contribution in [0.5, 0.6) is 0 Å². The van der Waals surface area contributed by atoms with Gasteiger partial charge in [0.2, 0.25) is 5.95 Å². The van der Waals surface area contributed by atoms with E-state index in [-0.39, 0.29) is 0 Å². The van der Waals surface area contributed by atoms with Crippen LogP contribution >= 0.6 is 0 Å². The predicted octanol–water partition coefficient (Wildman–Crippen LogP) is 1.13. The van der Waals surface area contributed by atoms with Crippen LogP contribution in [0.1, 0.15) is 11.3 Å². The van der Waals surface area contributed by atoms with Crippen molar-refractivity contribution >= 4 is 5.95 Å². The van der Waals surface area contributed by atoms with Gasteiger partial charge in [-0.05, 0) is 13.0 Å². The number of hydrogen-bond donors (Lipinski definition) is 1. The van der Waals surface area contributed by atoms with Crippen LogP contribution in [0.3, 0.4) is 0 Å². The van der Waals surface area contributed by atoms with Gasteiger partial charge in [0.25, 0.3) is 0 Å². The Labute approximate surface area is 88.2 Å². The van der Waals surface area contributed by atoms with E-state index in [1.165, 1.54) is 0 Å². The molecular formula is C10H13N5. The van der Waals surface area contributed by atoms with Crippen LogP contribution in [0.4, 0.5) is 5.95 Å². The molecule has 2 rings (SSSR count). The molecule has 15 heavy (non-hydrogen) atoms. The van der Waals surface area contributed by atoms with Crippen LogP contribution in [0, 0.1) is 6.92 Å². The van der Waals surface area contributed by atoms with Crippen LogP contribution in [0.25, 0.3) is 0 Å². The Morgan fingerprint density at radius 1 is 1.47 bits per heavy atom. The van der Waals surface area contributed by atoms with Crippen molar-refractivity contribution in [1.82, 2.24) is 19.7 Å². The van der Waals surface area contributed by atoms with Crippen molar-refractivity contribution in [2.45, 2.75) is 13.5 Å². The summed E-state index contributed by atoms with van der Waals surface area (Å²) in [6.07, 6.45) is 5.53. The summed E-state index contributed by atoms with van der Waals surface area (Å²) in [7, 11) is 1.90. The Bertz CT molecular complexity index is 449. The predicted molar refractivity (Wildman–Crippen MR) is 57.3 cm³/mol. The molecular weight excluding hydrogens is 190 g/mol. The lowest BCUT2D eigenvalue weighted by molar-refractivity contribution is 0.767. The van der Waals surface area contributed by atoms with Gasteiger partial charge in [-0.15, -0.1) is 0 Å². The zero-order valence-electron chi connectivity index (χ0n) is 8.81. The van der Waals surface area contributed by atoms with E-state index >= 15 is 0 Å². The molecule has 0 bridgehead atoms. The molecule has 0 saturated heterocycles. The summed E-state index contributed by atoms with van der Waals surface area (Å²) in [6.45, 7) is 2.63. The topological polar surface area (TPSA) is 55.6 Å². The van der Waals surface area contributed by atoms with Gasteiger partial charge < -0.3 is 5.32 Å². The number of hydrogen-bond acceptors (Lipinski definition) is 4. The zero-order valence-corrected chi connectivity index (χ0v) is 8.81. The van der Waals surface area contributed by atoms with Crippen molar-refractivity contribution in [3.63, 3.8) is 0 Å². The maximum absolute atomic E-state index is 4.25. The third-order valence-corrected chi connectivity index (χ3v) is 2.00. The Morgan fingerprint density at radius 2 is 2.33 bits per heavy atom. The molecule has 0 radical (unpaired) electrons. The number of rotatable bonds is 3. The SMILES string of the molecule is Cc1ccnc(NCc2cnn(C)c2)n1. The van der Waals surface area contributed by atoms with E-state index < -0.39 is 0 Å². The fraction of sp³-hybridized carbons (Fsp3) is 0.300. The van der Waals surface area contributed by atoms with E-state index in [1.807, 2.05) is 32.4 Å². The molecule has 1 N–H and O–H groups in total. The molecule has 0 aliphatic rings. The third kappa shape index (κ3) is 2.52. The van der Waals surface area contributed by atoms with Gasteiger partial charge in [0, 0.05) is 37.2 Å². The molecule has 0 amide bonds. The highest BCUT2D eigenvalue weighted by Crippen LogP contribution is 2.02. The Morgan fingerprint density at radius 3 is 3.00 bits per heavy atom. The molecule has 2 heterocycles. The molecule has 0 fully saturated rings. The fourth-order valence-electron chi connectivity index (χ4n) is 1.28. The largest absolute Gasteiger partial charge is 0.350 e. The number of nitrogens with zero attached hydrogens (tertiary/aromatic N) is 4. The lowest BCUT2D eigenvalue weighted by atomic mass is 10.4. The van der Waals surface area contributed by atoms with Crippen molar-refractivity contribution in [1.29, 1.82) is 0 Å². The lowest BCUT2D eigenvalue weighted by Gasteiger charge is -2.02. The first-order valence-electron chi connectivity index (χ1n) is 4.75. The maximum Gasteiger partial charge on any atom is 0.223 e. The van der Waals surface area contributed by atoms with E-state index in [0.717, 1.165) is 11.3 Å². The second-order valence-corrected chi connectivity index (χ2v) is 3.40. The van der Waals surface area contributed by atoms with Crippen molar-refractivity contribution < 1.29 is 0 Å². The molecule has 78 valence electrons. The van der Waals surface area contributed by atoms with Gasteiger partial charge in [0.05, 0.1) is 6.20 Å². The van der Waals surface area contributed by atoms with E-state index in [1.54, 1.807) is 10.9 Å². The summed E-state index contributed by atoms with van der Waals surface area (Å²) in [5.74, 6) is 0.652. The van der Waals surface area contributed by atoms with E-state index in [2.05, 4.69) is 20.4 Å². The number of nitrogens with one attached hydrogen (secondary N) is 1. The van der Waals surface area contributed by atoms with Crippen molar-refractivity contribution in [3.8, 4) is 0 Å². The number of aromatic nitrogens is 4. The minimum absolute atomic E-state index is 0.652. The van der Waals surface area contributed by atoms with Gasteiger partial charge in [0.1, 0.15) is 0 Å². The zero-order chi connectivity index (χ0) is 10.7. The maximum atomic E-state index is 4.25. The standard InChI is InChI=1S/C10H13N5/c1-8-3-4-11-10(14-8)12-5-9-6-13-15(2)7-9/h3-4,6-7H,5H2,1-2H3,(H,11,12,14). The summed E-state index contributed by atoms with van der Waals surface area (Å²) in [5.41, 5.74) is 2.07. The average Bonchev–Trinajstić information content (AvgIpc) is 2.62. The Hall–Kier alpha value is -1.91. The highest BCUT2D eigenvalue weighted by Gasteiger charge is 1.98. The smallest absolute Gasteiger partial charge is 0.223 e. The lowest BCUT2D eigenvalue weighted by Crippen LogP contribution is -2.03. The highest BCUT2D eigenvalue weighted by atomic mass is 15.2. The Kier molecular flexibility index (Phi) is 2.62. The van der Waals surface area contributed by atoms with E-state index in [0.29, 0.717) is 12.5 Å². The molecule has 5 heteroatoms. The van der Waals surface area contributed by atoms with Gasteiger partial charge in [-0.2, -0.15) is 5.10 Å². The second-order valence-electron chi connectivity index (χ2n) is 3.40. The molecule has 0 aliphatic heterocycles. The number of anilines is 1. The summed E-state index contributed by atoms with van der Waals surface area (Å²) in [6, 6.07) is 1.87. The van der Waals surface area contributed by atoms with Gasteiger partial charge in [-0.3, -0.25) is 4.68 Å². The minimum atomic E-state index is 0.652. The summed E-state index contributed by atoms with van der Waals surface area (Å²) < 4.78 is 1.77. The highest BCUT2D eigenvalue weighted by molar-refractivity contribution is 5.26. The molecule has 0 aromatic carbocycles. The van der Waals surface area contributed by atoms with Crippen LogP contribution in [-0.4, -0.2) is 19.7 Å². The average molecular weight is 203 g/mol. The normalized spacial score (nSPS) is 10.3. The fourth-order valence-corrected chi connectivity index (χ4v) is 1.28. The summed E-state index contributed by atoms with van der Waals surface area (Å²) in [5, 5.41) is 7.22. The molecule has 0 unspecified atom stereocenters. The van der Waals surface area contributed by atoms with Crippen molar-refractivity contribution in [3.05, 3.63) is 35.9 Å². The molecule has 0 spiro atoms.